The molecule has 0 saturated heterocycles. The van der Waals surface area contributed by atoms with Gasteiger partial charge in [-0.15, -0.1) is 0 Å². The number of aromatic nitrogens is 1. The molecule has 0 fully saturated rings. The Labute approximate surface area is 101 Å². The van der Waals surface area contributed by atoms with Crippen molar-refractivity contribution < 1.29 is 0 Å². The van der Waals surface area contributed by atoms with E-state index >= 15 is 0 Å². The Bertz CT molecular complexity index is 456. The van der Waals surface area contributed by atoms with Gasteiger partial charge in [0.1, 0.15) is 6.17 Å². The first kappa shape index (κ1) is 11.5. The van der Waals surface area contributed by atoms with Crippen molar-refractivity contribution in [1.82, 2.24) is 15.2 Å². The minimum Gasteiger partial charge on any atom is -0.363 e. The molecule has 6 heteroatoms. The molecule has 0 aliphatic carbocycles. The molecule has 17 heavy (non-hydrogen) atoms. The summed E-state index contributed by atoms with van der Waals surface area (Å²) in [5, 5.41) is 6.36. The monoisotopic (exact) mass is 234 g/mol. The second kappa shape index (κ2) is 4.48. The number of nitrogens with one attached hydrogen (secondary N) is 3. The van der Waals surface area contributed by atoms with Gasteiger partial charge in [0, 0.05) is 26.0 Å². The molecule has 6 nitrogen and oxygen atoms in total. The van der Waals surface area contributed by atoms with Gasteiger partial charge in [-0.3, -0.25) is 5.32 Å². The number of nitrogens with zero attached hydrogens (tertiary/aromatic N) is 3. The van der Waals surface area contributed by atoms with Crippen LogP contribution in [0.25, 0.3) is 0 Å². The number of aliphatic imine (C=N–C) groups is 2. The third-order valence-corrected chi connectivity index (χ3v) is 2.37. The zero-order chi connectivity index (χ0) is 12.4. The van der Waals surface area contributed by atoms with E-state index in [1.807, 2.05) is 45.1 Å². The molecule has 0 aromatic carbocycles. The average Bonchev–Trinajstić information content (AvgIpc) is 2.63. The first-order valence-corrected chi connectivity index (χ1v) is 5.56. The molecule has 1 aliphatic rings. The normalized spacial score (nSPS) is 19.2. The van der Waals surface area contributed by atoms with Crippen LogP contribution in [0.5, 0.6) is 0 Å². The average molecular weight is 234 g/mol. The fourth-order valence-corrected chi connectivity index (χ4v) is 1.57. The fourth-order valence-electron chi connectivity index (χ4n) is 1.57. The van der Waals surface area contributed by atoms with Crippen LogP contribution in [-0.4, -0.2) is 42.1 Å². The van der Waals surface area contributed by atoms with Crippen LogP contribution in [0, 0.1) is 6.92 Å². The summed E-state index contributed by atoms with van der Waals surface area (Å²) in [5.74, 6) is 1.53. The Morgan fingerprint density at radius 1 is 1.35 bits per heavy atom. The summed E-state index contributed by atoms with van der Waals surface area (Å²) < 4.78 is 0. The predicted molar refractivity (Wildman–Crippen MR) is 70.3 cm³/mol. The summed E-state index contributed by atoms with van der Waals surface area (Å²) in [6.07, 6.45) is 1.84. The van der Waals surface area contributed by atoms with Gasteiger partial charge in [-0.05, 0) is 19.9 Å². The Morgan fingerprint density at radius 3 is 2.71 bits per heavy atom. The topological polar surface area (TPSA) is 67.8 Å². The molecule has 1 aromatic heterocycles. The van der Waals surface area contributed by atoms with Crippen molar-refractivity contribution >= 4 is 17.6 Å². The lowest BCUT2D eigenvalue weighted by molar-refractivity contribution is 0.582. The predicted octanol–water partition coefficient (Wildman–Crippen LogP) is 0.958. The van der Waals surface area contributed by atoms with E-state index in [0.29, 0.717) is 0 Å². The third-order valence-electron chi connectivity index (χ3n) is 2.37. The second-order valence-corrected chi connectivity index (χ2v) is 4.28. The maximum atomic E-state index is 4.39. The van der Waals surface area contributed by atoms with Gasteiger partial charge in [-0.2, -0.15) is 0 Å². The lowest BCUT2D eigenvalue weighted by atomic mass is 10.4. The zero-order valence-electron chi connectivity index (χ0n) is 10.6. The van der Waals surface area contributed by atoms with Crippen LogP contribution < -0.4 is 10.6 Å². The number of hydrogen-bond donors (Lipinski definition) is 3. The van der Waals surface area contributed by atoms with E-state index < -0.39 is 0 Å². The molecule has 1 aromatic rings. The number of anilines is 1. The molecular weight excluding hydrogens is 216 g/mol. The number of aromatic amines is 1. The minimum absolute atomic E-state index is 0.0730. The Hall–Kier alpha value is -1.98. The molecule has 2 rings (SSSR count). The Morgan fingerprint density at radius 2 is 2.12 bits per heavy atom. The Balaban J connectivity index is 2.08. The first-order chi connectivity index (χ1) is 8.04. The molecule has 0 saturated carbocycles. The number of guanidine groups is 2. The van der Waals surface area contributed by atoms with Crippen molar-refractivity contribution in [2.75, 3.05) is 19.4 Å². The first-order valence-electron chi connectivity index (χ1n) is 5.56. The summed E-state index contributed by atoms with van der Waals surface area (Å²) in [6.45, 7) is 3.96. The molecule has 1 atom stereocenters. The van der Waals surface area contributed by atoms with Crippen molar-refractivity contribution in [1.29, 1.82) is 0 Å². The van der Waals surface area contributed by atoms with Gasteiger partial charge in [-0.25, -0.2) is 9.98 Å². The molecule has 1 unspecified atom stereocenters. The molecule has 0 amide bonds. The van der Waals surface area contributed by atoms with Gasteiger partial charge in [-0.1, -0.05) is 0 Å². The highest BCUT2D eigenvalue weighted by atomic mass is 15.4. The van der Waals surface area contributed by atoms with E-state index in [0.717, 1.165) is 23.3 Å². The maximum absolute atomic E-state index is 4.39. The summed E-state index contributed by atoms with van der Waals surface area (Å²) >= 11 is 0. The van der Waals surface area contributed by atoms with Gasteiger partial charge >= 0.3 is 0 Å². The largest absolute Gasteiger partial charge is 0.363 e. The van der Waals surface area contributed by atoms with Gasteiger partial charge in [0.25, 0.3) is 0 Å². The van der Waals surface area contributed by atoms with Crippen LogP contribution in [0.2, 0.25) is 0 Å². The lowest BCUT2D eigenvalue weighted by Gasteiger charge is -2.24. The molecule has 92 valence electrons. The standard InChI is InChI=1S/C11H18N6/c1-7-5-9(6-12-7)15-10-13-8(2)14-11(16-10)17(3)4/h5-6,8,12H,1-4H3,(H2,13,14,15,16). The van der Waals surface area contributed by atoms with E-state index in [4.69, 9.17) is 0 Å². The van der Waals surface area contributed by atoms with E-state index in [1.54, 1.807) is 0 Å². The van der Waals surface area contributed by atoms with Crippen molar-refractivity contribution in [3.8, 4) is 0 Å². The van der Waals surface area contributed by atoms with Gasteiger partial charge in [0.05, 0.1) is 5.69 Å². The van der Waals surface area contributed by atoms with Crippen molar-refractivity contribution in [3.63, 3.8) is 0 Å². The summed E-state index contributed by atoms with van der Waals surface area (Å²) in [5.41, 5.74) is 2.10. The van der Waals surface area contributed by atoms with Crippen LogP contribution in [0.15, 0.2) is 22.2 Å². The molecule has 0 bridgehead atoms. The zero-order valence-corrected chi connectivity index (χ0v) is 10.6. The molecule has 2 heterocycles. The molecular formula is C11H18N6. The molecule has 1 aliphatic heterocycles. The van der Waals surface area contributed by atoms with Crippen LogP contribution in [-0.2, 0) is 0 Å². The van der Waals surface area contributed by atoms with Crippen molar-refractivity contribution in [2.45, 2.75) is 20.0 Å². The highest BCUT2D eigenvalue weighted by molar-refractivity contribution is 6.06. The third kappa shape index (κ3) is 2.77. The molecule has 3 N–H and O–H groups in total. The van der Waals surface area contributed by atoms with E-state index in [2.05, 4.69) is 25.6 Å². The second-order valence-electron chi connectivity index (χ2n) is 4.28. The van der Waals surface area contributed by atoms with E-state index in [1.165, 1.54) is 0 Å². The van der Waals surface area contributed by atoms with Crippen LogP contribution >= 0.6 is 0 Å². The molecule has 0 spiro atoms. The van der Waals surface area contributed by atoms with Gasteiger partial charge in [0.15, 0.2) is 0 Å². The molecule has 0 radical (unpaired) electrons. The quantitative estimate of drug-likeness (QED) is 0.678. The smallest absolute Gasteiger partial charge is 0.204 e. The van der Waals surface area contributed by atoms with Crippen LogP contribution in [0.3, 0.4) is 0 Å². The number of aryl methyl sites for hydroxylation is 1. The number of hydrogen-bond acceptors (Lipinski definition) is 5. The van der Waals surface area contributed by atoms with Gasteiger partial charge < -0.3 is 15.2 Å². The summed E-state index contributed by atoms with van der Waals surface area (Å²) in [4.78, 5) is 13.8. The number of rotatable bonds is 1. The van der Waals surface area contributed by atoms with Crippen LogP contribution in [0.4, 0.5) is 5.69 Å². The van der Waals surface area contributed by atoms with Crippen molar-refractivity contribution in [2.24, 2.45) is 9.98 Å². The minimum atomic E-state index is -0.0730. The highest BCUT2D eigenvalue weighted by Gasteiger charge is 2.14. The SMILES string of the molecule is Cc1cc(NC2=NC(C)N=C(N(C)C)N2)c[nH]1. The maximum Gasteiger partial charge on any atom is 0.204 e. The van der Waals surface area contributed by atoms with Crippen LogP contribution in [0.1, 0.15) is 12.6 Å². The van der Waals surface area contributed by atoms with Crippen molar-refractivity contribution in [3.05, 3.63) is 18.0 Å². The van der Waals surface area contributed by atoms with E-state index in [9.17, 15) is 0 Å². The Kier molecular flexibility index (Phi) is 3.03. The number of H-pyrrole nitrogens is 1. The van der Waals surface area contributed by atoms with E-state index in [-0.39, 0.29) is 6.17 Å². The van der Waals surface area contributed by atoms with Gasteiger partial charge in [0.2, 0.25) is 11.9 Å². The summed E-state index contributed by atoms with van der Waals surface area (Å²) in [6, 6.07) is 2.02. The fraction of sp³-hybridized carbons (Fsp3) is 0.455. The highest BCUT2D eigenvalue weighted by Crippen LogP contribution is 2.09. The summed E-state index contributed by atoms with van der Waals surface area (Å²) in [7, 11) is 3.89. The lowest BCUT2D eigenvalue weighted by Crippen LogP contribution is -2.46.